The largest absolute Gasteiger partial charge is 0.481 e. The van der Waals surface area contributed by atoms with E-state index in [2.05, 4.69) is 13.2 Å². The molecule has 0 radical (unpaired) electrons. The van der Waals surface area contributed by atoms with Gasteiger partial charge in [-0.25, -0.2) is 0 Å². The Bertz CT molecular complexity index is 173. The van der Waals surface area contributed by atoms with E-state index in [-0.39, 0.29) is 12.2 Å². The molecule has 0 unspecified atom stereocenters. The molecule has 0 spiro atoms. The van der Waals surface area contributed by atoms with Crippen molar-refractivity contribution in [2.24, 2.45) is 0 Å². The van der Waals surface area contributed by atoms with Gasteiger partial charge in [0.2, 0.25) is 0 Å². The van der Waals surface area contributed by atoms with E-state index < -0.39 is 5.97 Å². The third-order valence-electron chi connectivity index (χ3n) is 1.26. The lowest BCUT2D eigenvalue weighted by Gasteiger charge is -1.82. The van der Waals surface area contributed by atoms with Crippen LogP contribution in [0.3, 0.4) is 0 Å². The second kappa shape index (κ2) is 11.6. The van der Waals surface area contributed by atoms with Gasteiger partial charge in [-0.1, -0.05) is 12.2 Å². The van der Waals surface area contributed by atoms with Crippen LogP contribution in [-0.2, 0) is 9.59 Å². The van der Waals surface area contributed by atoms with E-state index in [4.69, 9.17) is 5.11 Å². The highest BCUT2D eigenvalue weighted by Gasteiger charge is 1.89. The molecule has 0 aliphatic carbocycles. The van der Waals surface area contributed by atoms with Crippen LogP contribution in [0.1, 0.15) is 32.6 Å². The number of Topliss-reactive ketones (excluding diaryl/α,β-unsaturated/α-hetero) is 1. The molecule has 14 heavy (non-hydrogen) atoms. The summed E-state index contributed by atoms with van der Waals surface area (Å²) in [6.45, 7) is 8.44. The number of aliphatic carboxylic acids is 1. The molecule has 0 amide bonds. The molecule has 3 nitrogen and oxygen atoms in total. The quantitative estimate of drug-likeness (QED) is 0.667. The number of carbonyl (C=O) groups is 2. The summed E-state index contributed by atoms with van der Waals surface area (Å²) in [5.41, 5.74) is 0. The number of ketones is 1. The van der Waals surface area contributed by atoms with Gasteiger partial charge in [-0.3, -0.25) is 4.79 Å². The average molecular weight is 198 g/mol. The Labute approximate surface area is 85.1 Å². The van der Waals surface area contributed by atoms with E-state index in [0.29, 0.717) is 12.8 Å². The Kier molecular flexibility index (Phi) is 12.5. The van der Waals surface area contributed by atoms with E-state index in [1.807, 2.05) is 0 Å². The van der Waals surface area contributed by atoms with Gasteiger partial charge in [-0.15, -0.1) is 13.2 Å². The fourth-order valence-electron chi connectivity index (χ4n) is 0.531. The lowest BCUT2D eigenvalue weighted by molar-refractivity contribution is -0.136. The van der Waals surface area contributed by atoms with Gasteiger partial charge in [-0.2, -0.15) is 0 Å². The van der Waals surface area contributed by atoms with Crippen LogP contribution in [0.25, 0.3) is 0 Å². The normalized spacial score (nSPS) is 8.07. The van der Waals surface area contributed by atoms with Gasteiger partial charge in [0, 0.05) is 12.8 Å². The Hall–Kier alpha value is -1.38. The molecule has 0 saturated carbocycles. The number of carbonyl (C=O) groups excluding carboxylic acids is 1. The lowest BCUT2D eigenvalue weighted by Crippen LogP contribution is -1.90. The second-order valence-corrected chi connectivity index (χ2v) is 2.75. The number of rotatable bonds is 6. The third kappa shape index (κ3) is 22.4. The smallest absolute Gasteiger partial charge is 0.303 e. The van der Waals surface area contributed by atoms with E-state index in [1.165, 1.54) is 0 Å². The average Bonchev–Trinajstić information content (AvgIpc) is 2.12. The predicted molar refractivity (Wildman–Crippen MR) is 57.2 cm³/mol. The van der Waals surface area contributed by atoms with Gasteiger partial charge in [-0.05, 0) is 19.8 Å². The van der Waals surface area contributed by atoms with E-state index in [0.717, 1.165) is 6.42 Å². The van der Waals surface area contributed by atoms with Gasteiger partial charge in [0.15, 0.2) is 0 Å². The lowest BCUT2D eigenvalue weighted by atomic mass is 10.2. The van der Waals surface area contributed by atoms with Crippen molar-refractivity contribution < 1.29 is 14.7 Å². The Balaban J connectivity index is 0. The predicted octanol–water partition coefficient (Wildman–Crippen LogP) is 2.58. The zero-order valence-corrected chi connectivity index (χ0v) is 8.66. The van der Waals surface area contributed by atoms with Crippen LogP contribution < -0.4 is 0 Å². The van der Waals surface area contributed by atoms with Crippen molar-refractivity contribution in [2.75, 3.05) is 0 Å². The SMILES string of the molecule is C=CCCC(=O)O.C=CCCC(C)=O. The molecule has 0 fully saturated rings. The first kappa shape index (κ1) is 15.1. The molecule has 0 aliphatic heterocycles. The number of carboxylic acid groups (broad SMARTS) is 1. The minimum absolute atomic E-state index is 0.198. The van der Waals surface area contributed by atoms with E-state index in [1.54, 1.807) is 19.1 Å². The second-order valence-electron chi connectivity index (χ2n) is 2.75. The van der Waals surface area contributed by atoms with Crippen LogP contribution in [0.2, 0.25) is 0 Å². The highest BCUT2D eigenvalue weighted by molar-refractivity contribution is 5.75. The fraction of sp³-hybridized carbons (Fsp3) is 0.455. The molecule has 0 aromatic heterocycles. The van der Waals surface area contributed by atoms with Gasteiger partial charge < -0.3 is 9.90 Å². The Morgan fingerprint density at radius 3 is 1.71 bits per heavy atom. The molecule has 0 aliphatic rings. The van der Waals surface area contributed by atoms with Crippen molar-refractivity contribution in [3.05, 3.63) is 25.3 Å². The molecule has 0 aromatic carbocycles. The van der Waals surface area contributed by atoms with Crippen molar-refractivity contribution in [1.29, 1.82) is 0 Å². The number of hydrogen-bond donors (Lipinski definition) is 1. The highest BCUT2D eigenvalue weighted by atomic mass is 16.4. The molecule has 0 saturated heterocycles. The van der Waals surface area contributed by atoms with Crippen LogP contribution in [0.15, 0.2) is 25.3 Å². The molecule has 0 bridgehead atoms. The van der Waals surface area contributed by atoms with Crippen molar-refractivity contribution in [3.8, 4) is 0 Å². The number of hydrogen-bond acceptors (Lipinski definition) is 2. The molecule has 80 valence electrons. The molecule has 0 heterocycles. The maximum absolute atomic E-state index is 10.2. The standard InChI is InChI=1S/C6H10O.C5H8O2/c1-3-4-5-6(2)7;1-2-3-4-5(6)7/h3H,1,4-5H2,2H3;2H,1,3-4H2,(H,6,7). The Morgan fingerprint density at radius 1 is 1.14 bits per heavy atom. The fourth-order valence-corrected chi connectivity index (χ4v) is 0.531. The van der Waals surface area contributed by atoms with Crippen molar-refractivity contribution in [2.45, 2.75) is 32.6 Å². The minimum Gasteiger partial charge on any atom is -0.481 e. The maximum Gasteiger partial charge on any atom is 0.303 e. The van der Waals surface area contributed by atoms with E-state index in [9.17, 15) is 9.59 Å². The van der Waals surface area contributed by atoms with Crippen LogP contribution in [0, 0.1) is 0 Å². The summed E-state index contributed by atoms with van der Waals surface area (Å²) in [5, 5.41) is 8.00. The zero-order chi connectivity index (χ0) is 11.4. The summed E-state index contributed by atoms with van der Waals surface area (Å²) >= 11 is 0. The van der Waals surface area contributed by atoms with Crippen LogP contribution in [-0.4, -0.2) is 16.9 Å². The van der Waals surface area contributed by atoms with Crippen molar-refractivity contribution in [1.82, 2.24) is 0 Å². The van der Waals surface area contributed by atoms with Crippen LogP contribution >= 0.6 is 0 Å². The topological polar surface area (TPSA) is 54.4 Å². The molecule has 0 rings (SSSR count). The third-order valence-corrected chi connectivity index (χ3v) is 1.26. The first-order valence-electron chi connectivity index (χ1n) is 4.47. The van der Waals surface area contributed by atoms with Crippen molar-refractivity contribution >= 4 is 11.8 Å². The van der Waals surface area contributed by atoms with Crippen LogP contribution in [0.5, 0.6) is 0 Å². The minimum atomic E-state index is -0.764. The summed E-state index contributed by atoms with van der Waals surface area (Å²) in [6, 6.07) is 0. The van der Waals surface area contributed by atoms with Gasteiger partial charge >= 0.3 is 5.97 Å². The van der Waals surface area contributed by atoms with Gasteiger partial charge in [0.05, 0.1) is 0 Å². The summed E-state index contributed by atoms with van der Waals surface area (Å²) < 4.78 is 0. The monoisotopic (exact) mass is 198 g/mol. The zero-order valence-electron chi connectivity index (χ0n) is 8.66. The summed E-state index contributed by atoms with van der Waals surface area (Å²) in [5.74, 6) is -0.528. The van der Waals surface area contributed by atoms with Gasteiger partial charge in [0.25, 0.3) is 0 Å². The summed E-state index contributed by atoms with van der Waals surface area (Å²) in [4.78, 5) is 19.9. The molecule has 3 heteroatoms. The van der Waals surface area contributed by atoms with Crippen LogP contribution in [0.4, 0.5) is 0 Å². The first-order valence-corrected chi connectivity index (χ1v) is 4.47. The molecular weight excluding hydrogens is 180 g/mol. The van der Waals surface area contributed by atoms with E-state index >= 15 is 0 Å². The first-order chi connectivity index (χ1) is 6.54. The number of allylic oxidation sites excluding steroid dienone is 2. The molecule has 1 N–H and O–H groups in total. The van der Waals surface area contributed by atoms with Crippen molar-refractivity contribution in [3.63, 3.8) is 0 Å². The number of carboxylic acids is 1. The molecule has 0 atom stereocenters. The van der Waals surface area contributed by atoms with Gasteiger partial charge in [0.1, 0.15) is 5.78 Å². The summed E-state index contributed by atoms with van der Waals surface area (Å²) in [7, 11) is 0. The summed E-state index contributed by atoms with van der Waals surface area (Å²) in [6.07, 6.45) is 5.56. The Morgan fingerprint density at radius 2 is 1.57 bits per heavy atom. The molecular formula is C11H18O3. The highest BCUT2D eigenvalue weighted by Crippen LogP contribution is 1.88. The maximum atomic E-state index is 10.2. The molecule has 0 aromatic rings.